The number of carbonyl (C=O) groups is 12. The molecule has 1 heterocycles. The molecule has 34 heteroatoms. The van der Waals surface area contributed by atoms with Crippen LogP contribution < -0.4 is 104 Å². The van der Waals surface area contributed by atoms with Crippen molar-refractivity contribution in [1.82, 2.24) is 63.8 Å². The molecule has 1 saturated heterocycles. The van der Waals surface area contributed by atoms with Crippen molar-refractivity contribution in [3.8, 4) is 0 Å². The normalized spacial score (nSPS) is 21.6. The molecule has 0 bridgehead atoms. The number of amides is 12. The monoisotopic (exact) mass is 1340 g/mol. The van der Waals surface area contributed by atoms with E-state index >= 15 is 0 Å². The van der Waals surface area contributed by atoms with Gasteiger partial charge in [0.15, 0.2) is 5.96 Å². The van der Waals surface area contributed by atoms with Gasteiger partial charge in [-0.1, -0.05) is 70.9 Å². The van der Waals surface area contributed by atoms with Gasteiger partial charge in [0.2, 0.25) is 70.9 Å². The van der Waals surface area contributed by atoms with Crippen LogP contribution in [0.3, 0.4) is 0 Å². The summed E-state index contributed by atoms with van der Waals surface area (Å²) in [5.74, 6) is -10.7. The van der Waals surface area contributed by atoms with Gasteiger partial charge in [0.1, 0.15) is 60.4 Å². The van der Waals surface area contributed by atoms with E-state index in [0.717, 1.165) is 12.8 Å². The number of rotatable bonds is 34. The standard InChI is InChI=1S/C61H108N20O14/c1-33(2)13-10-11-17-47(84)72-43(22-29-69-50(85)38(66)16-12-28-71-61(67)68)56(91)81-49(36(6)83)60(95)77-41(20-26-64)52(87)76-44-23-30-70-59(94)48(35(5)82)80-55(90)42(21-27-65)74-51(86)39(18-24-62)75-57(92)45(31-34(3)4)78-58(93)46(32-37-14-8-7-9-15-37)79-53(88)40(19-25-63)73-54(44)89/h7-9,14-15,33-36,38-46,48-49,82-83H,10-13,16-32,62-66H2,1-6H3,(H,69,85)(H,70,94)(H,72,84)(H,73,89)(H,74,86)(H,75,92)(H,76,87)(H,77,95)(H,78,93)(H,79,88)(H,80,90)(H,81,91)(H4,67,68,71)/t35-,36-,38+,39+,40+,41+,42-,43+,44+,45+,46-,48+,49+/m1/s1. The second-order valence-corrected chi connectivity index (χ2v) is 24.5. The Hall–Kier alpha value is -8.15. The molecule has 0 radical (unpaired) electrons. The van der Waals surface area contributed by atoms with E-state index in [1.807, 2.05) is 13.8 Å². The molecule has 28 N–H and O–H groups in total. The quantitative estimate of drug-likeness (QED) is 0.0173. The molecule has 0 saturated carbocycles. The van der Waals surface area contributed by atoms with Crippen LogP contribution in [0.25, 0.3) is 0 Å². The van der Waals surface area contributed by atoms with Gasteiger partial charge in [0, 0.05) is 32.5 Å². The predicted octanol–water partition coefficient (Wildman–Crippen LogP) is -7.10. The summed E-state index contributed by atoms with van der Waals surface area (Å²) in [7, 11) is 0. The van der Waals surface area contributed by atoms with Crippen LogP contribution in [0.1, 0.15) is 131 Å². The molecule has 1 aromatic rings. The van der Waals surface area contributed by atoms with Crippen molar-refractivity contribution in [1.29, 1.82) is 0 Å². The molecule has 13 atom stereocenters. The number of nitrogens with two attached hydrogens (primary N) is 7. The zero-order valence-corrected chi connectivity index (χ0v) is 55.7. The first-order valence-electron chi connectivity index (χ1n) is 32.6. The Labute approximate surface area is 555 Å². The lowest BCUT2D eigenvalue weighted by molar-refractivity contribution is -0.137. The van der Waals surface area contributed by atoms with Crippen LogP contribution in [0, 0.1) is 11.8 Å². The van der Waals surface area contributed by atoms with Gasteiger partial charge >= 0.3 is 0 Å². The maximum Gasteiger partial charge on any atom is 0.245 e. The van der Waals surface area contributed by atoms with E-state index < -0.39 is 163 Å². The van der Waals surface area contributed by atoms with Gasteiger partial charge in [-0.15, -0.1) is 0 Å². The number of aliphatic hydroxyl groups is 2. The number of carbonyl (C=O) groups excluding carboxylic acids is 12. The Morgan fingerprint density at radius 3 is 1.64 bits per heavy atom. The molecule has 0 aliphatic carbocycles. The number of hydrogen-bond donors (Lipinski definition) is 21. The number of nitrogens with one attached hydrogen (secondary N) is 12. The summed E-state index contributed by atoms with van der Waals surface area (Å²) >= 11 is 0. The number of unbranched alkanes of at least 4 members (excludes halogenated alkanes) is 1. The van der Waals surface area contributed by atoms with Crippen molar-refractivity contribution in [3.05, 3.63) is 35.9 Å². The highest BCUT2D eigenvalue weighted by atomic mass is 16.3. The Morgan fingerprint density at radius 1 is 0.568 bits per heavy atom. The summed E-state index contributed by atoms with van der Waals surface area (Å²) in [4.78, 5) is 172. The zero-order valence-electron chi connectivity index (χ0n) is 55.7. The van der Waals surface area contributed by atoms with Gasteiger partial charge in [-0.25, -0.2) is 0 Å². The molecule has 1 aliphatic rings. The third kappa shape index (κ3) is 31.8. The fourth-order valence-corrected chi connectivity index (χ4v) is 9.93. The molecule has 1 aromatic carbocycles. The number of aliphatic hydroxyl groups excluding tert-OH is 2. The van der Waals surface area contributed by atoms with E-state index in [-0.39, 0.29) is 109 Å². The molecule has 0 unspecified atom stereocenters. The lowest BCUT2D eigenvalue weighted by atomic mass is 10.00. The van der Waals surface area contributed by atoms with E-state index in [2.05, 4.69) is 68.8 Å². The summed E-state index contributed by atoms with van der Waals surface area (Å²) in [6.07, 6.45) is -2.31. The average Bonchev–Trinajstić information content (AvgIpc) is 1.28. The SMILES string of the molecule is CC(C)CCCCC(=O)N[C@@H](CCNC(=O)[C@@H](N)CCCN=C(N)N)C(=O)N[C@H](C(=O)N[C@@H](CCN)C(=O)N[C@H]1CCNC(=O)[C@H]([C@@H](C)O)NC(=O)[C@@H](CCN)NC(=O)[C@H](CCN)NC(=O)[C@H](CC(C)C)NC(=O)[C@@H](Cc2ccccc2)NC(=O)[C@H](CCN)NC1=O)[C@@H](C)O. The summed E-state index contributed by atoms with van der Waals surface area (Å²) in [6, 6.07) is -7.83. The van der Waals surface area contributed by atoms with Crippen LogP contribution >= 0.6 is 0 Å². The van der Waals surface area contributed by atoms with Crippen LogP contribution in [0.4, 0.5) is 0 Å². The first-order valence-corrected chi connectivity index (χ1v) is 32.6. The summed E-state index contributed by atoms with van der Waals surface area (Å²) in [6.45, 7) is 8.75. The third-order valence-electron chi connectivity index (χ3n) is 15.2. The molecule has 34 nitrogen and oxygen atoms in total. The Morgan fingerprint density at radius 2 is 1.11 bits per heavy atom. The molecule has 0 aromatic heterocycles. The highest BCUT2D eigenvalue weighted by molar-refractivity contribution is 5.99. The highest BCUT2D eigenvalue weighted by Gasteiger charge is 2.38. The van der Waals surface area contributed by atoms with Gasteiger partial charge in [0.25, 0.3) is 0 Å². The molecule has 2 rings (SSSR count). The third-order valence-corrected chi connectivity index (χ3v) is 15.2. The summed E-state index contributed by atoms with van der Waals surface area (Å²) in [5, 5.41) is 52.5. The minimum absolute atomic E-state index is 0.0283. The van der Waals surface area contributed by atoms with E-state index in [1.165, 1.54) is 13.8 Å². The minimum Gasteiger partial charge on any atom is -0.391 e. The molecule has 95 heavy (non-hydrogen) atoms. The molecular formula is C61H108N20O14. The smallest absolute Gasteiger partial charge is 0.245 e. The summed E-state index contributed by atoms with van der Waals surface area (Å²) < 4.78 is 0. The Kier molecular flexibility index (Phi) is 38.9. The van der Waals surface area contributed by atoms with Crippen molar-refractivity contribution >= 4 is 76.8 Å². The van der Waals surface area contributed by atoms with Crippen LogP contribution in [0.5, 0.6) is 0 Å². The van der Waals surface area contributed by atoms with Crippen molar-refractivity contribution in [2.45, 2.75) is 210 Å². The maximum atomic E-state index is 14.7. The Bertz CT molecular complexity index is 2670. The van der Waals surface area contributed by atoms with Gasteiger partial charge in [-0.2, -0.15) is 0 Å². The fraction of sp³-hybridized carbons (Fsp3) is 0.689. The number of aliphatic imine (C=N–C) groups is 1. The molecule has 0 spiro atoms. The molecule has 536 valence electrons. The number of benzene rings is 1. The average molecular weight is 1350 g/mol. The topological polar surface area (TPSA) is 584 Å². The van der Waals surface area contributed by atoms with Crippen LogP contribution in [0.2, 0.25) is 0 Å². The second-order valence-electron chi connectivity index (χ2n) is 24.5. The van der Waals surface area contributed by atoms with Crippen molar-refractivity contribution < 1.29 is 67.7 Å². The summed E-state index contributed by atoms with van der Waals surface area (Å²) in [5.41, 5.74) is 41.0. The first kappa shape index (κ1) is 82.9. The maximum absolute atomic E-state index is 14.7. The van der Waals surface area contributed by atoms with Crippen molar-refractivity contribution in [3.63, 3.8) is 0 Å². The van der Waals surface area contributed by atoms with Gasteiger partial charge < -0.3 is 114 Å². The van der Waals surface area contributed by atoms with E-state index in [4.69, 9.17) is 40.1 Å². The van der Waals surface area contributed by atoms with Crippen LogP contribution in [-0.2, 0) is 64.0 Å². The highest BCUT2D eigenvalue weighted by Crippen LogP contribution is 2.13. The van der Waals surface area contributed by atoms with Gasteiger partial charge in [0.05, 0.1) is 18.2 Å². The fourth-order valence-electron chi connectivity index (χ4n) is 9.93. The lowest BCUT2D eigenvalue weighted by Crippen LogP contribution is -2.62. The lowest BCUT2D eigenvalue weighted by Gasteiger charge is -2.29. The molecule has 1 fully saturated rings. The van der Waals surface area contributed by atoms with E-state index in [9.17, 15) is 67.7 Å². The van der Waals surface area contributed by atoms with Gasteiger partial charge in [-0.3, -0.25) is 62.5 Å². The van der Waals surface area contributed by atoms with Gasteiger partial charge in [-0.05, 0) is 122 Å². The zero-order chi connectivity index (χ0) is 71.3. The number of hydrogen-bond acceptors (Lipinski definition) is 20. The van der Waals surface area contributed by atoms with Crippen molar-refractivity contribution in [2.75, 3.05) is 45.8 Å². The minimum atomic E-state index is -1.81. The van der Waals surface area contributed by atoms with E-state index in [0.29, 0.717) is 24.3 Å². The first-order chi connectivity index (χ1) is 45.0. The molecule has 12 amide bonds. The molecular weight excluding hydrogens is 1240 g/mol. The predicted molar refractivity (Wildman–Crippen MR) is 353 cm³/mol. The largest absolute Gasteiger partial charge is 0.391 e. The second kappa shape index (κ2) is 44.5. The number of guanidine groups is 1. The van der Waals surface area contributed by atoms with E-state index in [1.54, 1.807) is 44.2 Å². The molecule has 1 aliphatic heterocycles. The van der Waals surface area contributed by atoms with Crippen LogP contribution in [0.15, 0.2) is 35.3 Å². The van der Waals surface area contributed by atoms with Crippen LogP contribution in [-0.4, -0.2) is 212 Å². The Balaban J connectivity index is 2.68. The van der Waals surface area contributed by atoms with Crippen molar-refractivity contribution in [2.24, 2.45) is 57.0 Å². The number of nitrogens with zero attached hydrogens (tertiary/aromatic N) is 1.